The molecule has 0 aromatic carbocycles. The van der Waals surface area contributed by atoms with Crippen molar-refractivity contribution in [3.05, 3.63) is 0 Å². The maximum absolute atomic E-state index is 12.2. The van der Waals surface area contributed by atoms with Crippen LogP contribution in [0.15, 0.2) is 0 Å². The molecule has 1 spiro atoms. The van der Waals surface area contributed by atoms with Crippen molar-refractivity contribution < 1.29 is 4.79 Å². The van der Waals surface area contributed by atoms with Crippen LogP contribution < -0.4 is 5.73 Å². The van der Waals surface area contributed by atoms with Crippen LogP contribution in [0.4, 0.5) is 0 Å². The van der Waals surface area contributed by atoms with Crippen molar-refractivity contribution in [1.29, 1.82) is 0 Å². The lowest BCUT2D eigenvalue weighted by Crippen LogP contribution is -2.41. The molecule has 0 bridgehead atoms. The molecule has 2 heteroatoms. The van der Waals surface area contributed by atoms with E-state index in [0.717, 1.165) is 6.42 Å². The summed E-state index contributed by atoms with van der Waals surface area (Å²) in [7, 11) is 0. The first-order chi connectivity index (χ1) is 9.82. The largest absolute Gasteiger partial charge is 0.321 e. The van der Waals surface area contributed by atoms with Crippen LogP contribution in [0.25, 0.3) is 0 Å². The van der Waals surface area contributed by atoms with Gasteiger partial charge in [-0.3, -0.25) is 4.79 Å². The molecule has 2 nitrogen and oxygen atoms in total. The van der Waals surface area contributed by atoms with Gasteiger partial charge in [0, 0.05) is 5.41 Å². The Kier molecular flexibility index (Phi) is 6.90. The highest BCUT2D eigenvalue weighted by Crippen LogP contribution is 2.50. The number of rotatable bonds is 3. The molecular weight excluding hydrogens is 258 g/mol. The summed E-state index contributed by atoms with van der Waals surface area (Å²) in [4.78, 5) is 12.2. The quantitative estimate of drug-likeness (QED) is 0.787. The Morgan fingerprint density at radius 2 is 1.57 bits per heavy atom. The number of nitrogens with two attached hydrogens (primary N) is 1. The fourth-order valence-electron chi connectivity index (χ4n) is 4.17. The molecule has 21 heavy (non-hydrogen) atoms. The molecular formula is C19H37NO. The number of hydrogen-bond donors (Lipinski definition) is 1. The van der Waals surface area contributed by atoms with Crippen LogP contribution in [0.3, 0.4) is 0 Å². The molecule has 0 aromatic rings. The molecule has 0 heterocycles. The zero-order valence-corrected chi connectivity index (χ0v) is 15.0. The zero-order chi connectivity index (χ0) is 16.1. The Hall–Kier alpha value is -0.370. The first-order valence-electron chi connectivity index (χ1n) is 9.12. The third-order valence-electron chi connectivity index (χ3n) is 5.49. The monoisotopic (exact) mass is 295 g/mol. The standard InChI is InChI=1S/C17H31NO.C2H6/c1-16(2,3)15(19)14(18)12-13-6-10-17(11-7-13)8-4-5-9-17;1-2/h13-14H,4-12,18H2,1-3H3;1-2H3. The lowest BCUT2D eigenvalue weighted by Gasteiger charge is -2.38. The molecule has 2 aliphatic carbocycles. The average molecular weight is 296 g/mol. The normalized spacial score (nSPS) is 23.5. The Balaban J connectivity index is 0.00000106. The van der Waals surface area contributed by atoms with Gasteiger partial charge in [0.05, 0.1) is 6.04 Å². The van der Waals surface area contributed by atoms with Gasteiger partial charge in [-0.1, -0.05) is 47.5 Å². The lowest BCUT2D eigenvalue weighted by atomic mass is 9.68. The van der Waals surface area contributed by atoms with Crippen LogP contribution in [0.2, 0.25) is 0 Å². The van der Waals surface area contributed by atoms with Crippen molar-refractivity contribution >= 4 is 5.78 Å². The number of carbonyl (C=O) groups is 1. The first-order valence-corrected chi connectivity index (χ1v) is 9.12. The Bertz CT molecular complexity index is 313. The van der Waals surface area contributed by atoms with Crippen molar-refractivity contribution in [2.24, 2.45) is 22.5 Å². The summed E-state index contributed by atoms with van der Waals surface area (Å²) in [5.74, 6) is 0.918. The Morgan fingerprint density at radius 1 is 1.10 bits per heavy atom. The summed E-state index contributed by atoms with van der Waals surface area (Å²) in [5, 5.41) is 0. The molecule has 2 fully saturated rings. The minimum Gasteiger partial charge on any atom is -0.321 e. The second-order valence-electron chi connectivity index (χ2n) is 8.11. The van der Waals surface area contributed by atoms with Gasteiger partial charge >= 0.3 is 0 Å². The molecule has 0 aliphatic heterocycles. The van der Waals surface area contributed by atoms with Gasteiger partial charge in [0.15, 0.2) is 5.78 Å². The van der Waals surface area contributed by atoms with Crippen LogP contribution >= 0.6 is 0 Å². The highest BCUT2D eigenvalue weighted by Gasteiger charge is 2.38. The molecule has 1 atom stereocenters. The van der Waals surface area contributed by atoms with E-state index in [1.54, 1.807) is 0 Å². The second-order valence-corrected chi connectivity index (χ2v) is 8.11. The van der Waals surface area contributed by atoms with Gasteiger partial charge in [0.1, 0.15) is 0 Å². The topological polar surface area (TPSA) is 43.1 Å². The highest BCUT2D eigenvalue weighted by molar-refractivity contribution is 5.88. The smallest absolute Gasteiger partial charge is 0.154 e. The van der Waals surface area contributed by atoms with E-state index in [2.05, 4.69) is 0 Å². The van der Waals surface area contributed by atoms with Gasteiger partial charge in [0.25, 0.3) is 0 Å². The van der Waals surface area contributed by atoms with Crippen molar-refractivity contribution in [3.63, 3.8) is 0 Å². The molecule has 1 unspecified atom stereocenters. The highest BCUT2D eigenvalue weighted by atomic mass is 16.1. The van der Waals surface area contributed by atoms with Gasteiger partial charge in [-0.05, 0) is 56.3 Å². The van der Waals surface area contributed by atoms with E-state index in [1.807, 2.05) is 34.6 Å². The molecule has 0 saturated heterocycles. The van der Waals surface area contributed by atoms with Gasteiger partial charge in [-0.2, -0.15) is 0 Å². The van der Waals surface area contributed by atoms with Crippen LogP contribution in [0, 0.1) is 16.7 Å². The fourth-order valence-corrected chi connectivity index (χ4v) is 4.17. The molecule has 2 N–H and O–H groups in total. The van der Waals surface area contributed by atoms with Crippen LogP contribution in [-0.2, 0) is 4.79 Å². The maximum Gasteiger partial charge on any atom is 0.154 e. The van der Waals surface area contributed by atoms with E-state index in [9.17, 15) is 4.79 Å². The predicted molar refractivity (Wildman–Crippen MR) is 91.3 cm³/mol. The zero-order valence-electron chi connectivity index (χ0n) is 15.0. The number of hydrogen-bond acceptors (Lipinski definition) is 2. The van der Waals surface area contributed by atoms with E-state index in [1.165, 1.54) is 51.4 Å². The van der Waals surface area contributed by atoms with E-state index >= 15 is 0 Å². The molecule has 0 aromatic heterocycles. The van der Waals surface area contributed by atoms with Crippen molar-refractivity contribution in [3.8, 4) is 0 Å². The van der Waals surface area contributed by atoms with Crippen LogP contribution in [-0.4, -0.2) is 11.8 Å². The number of Topliss-reactive ketones (excluding diaryl/α,β-unsaturated/α-hetero) is 1. The average Bonchev–Trinajstić information content (AvgIpc) is 2.90. The molecule has 2 saturated carbocycles. The summed E-state index contributed by atoms with van der Waals surface area (Å²) < 4.78 is 0. The SMILES string of the molecule is CC.CC(C)(C)C(=O)C(N)CC1CCC2(CCCC2)CC1. The molecule has 2 rings (SSSR count). The summed E-state index contributed by atoms with van der Waals surface area (Å²) in [6, 6.07) is -0.248. The van der Waals surface area contributed by atoms with Crippen LogP contribution in [0.5, 0.6) is 0 Å². The second kappa shape index (κ2) is 7.76. The van der Waals surface area contributed by atoms with E-state index in [-0.39, 0.29) is 17.2 Å². The fraction of sp³-hybridized carbons (Fsp3) is 0.947. The summed E-state index contributed by atoms with van der Waals surface area (Å²) >= 11 is 0. The van der Waals surface area contributed by atoms with Gasteiger partial charge in [-0.25, -0.2) is 0 Å². The third-order valence-corrected chi connectivity index (χ3v) is 5.49. The van der Waals surface area contributed by atoms with E-state index in [0.29, 0.717) is 11.3 Å². The minimum atomic E-state index is -0.291. The minimum absolute atomic E-state index is 0.230. The molecule has 124 valence electrons. The number of ketones is 1. The Morgan fingerprint density at radius 3 is 2.00 bits per heavy atom. The maximum atomic E-state index is 12.2. The summed E-state index contributed by atoms with van der Waals surface area (Å²) in [6.45, 7) is 9.93. The first kappa shape index (κ1) is 18.7. The third kappa shape index (κ3) is 5.09. The van der Waals surface area contributed by atoms with Crippen LogP contribution in [0.1, 0.15) is 92.4 Å². The lowest BCUT2D eigenvalue weighted by molar-refractivity contribution is -0.128. The van der Waals surface area contributed by atoms with Gasteiger partial charge < -0.3 is 5.73 Å². The van der Waals surface area contributed by atoms with Gasteiger partial charge in [-0.15, -0.1) is 0 Å². The van der Waals surface area contributed by atoms with Crippen molar-refractivity contribution in [2.45, 2.75) is 98.4 Å². The van der Waals surface area contributed by atoms with E-state index in [4.69, 9.17) is 5.73 Å². The predicted octanol–water partition coefficient (Wildman–Crippen LogP) is 5.10. The molecule has 0 radical (unpaired) electrons. The molecule has 2 aliphatic rings. The summed E-state index contributed by atoms with van der Waals surface area (Å²) in [6.07, 6.45) is 12.0. The summed E-state index contributed by atoms with van der Waals surface area (Å²) in [5.41, 5.74) is 6.53. The van der Waals surface area contributed by atoms with E-state index < -0.39 is 0 Å². The number of carbonyl (C=O) groups excluding carboxylic acids is 1. The molecule has 0 amide bonds. The Labute approximate surface area is 132 Å². The van der Waals surface area contributed by atoms with Crippen molar-refractivity contribution in [1.82, 2.24) is 0 Å². The van der Waals surface area contributed by atoms with Gasteiger partial charge in [0.2, 0.25) is 0 Å². The van der Waals surface area contributed by atoms with Crippen molar-refractivity contribution in [2.75, 3.05) is 0 Å².